The van der Waals surface area contributed by atoms with Gasteiger partial charge in [-0.25, -0.2) is 0 Å². The maximum absolute atomic E-state index is 3.70. The lowest BCUT2D eigenvalue weighted by Gasteiger charge is -2.20. The molecule has 0 heterocycles. The molecule has 2 heteroatoms. The largest absolute Gasteiger partial charge is 0.317 e. The molecule has 0 aromatic carbocycles. The van der Waals surface area contributed by atoms with Gasteiger partial charge in [-0.05, 0) is 59.8 Å². The summed E-state index contributed by atoms with van der Waals surface area (Å²) in [5, 5.41) is 3.44. The third kappa shape index (κ3) is 8.27. The Morgan fingerprint density at radius 2 is 1.93 bits per heavy atom. The molecule has 0 atom stereocenters. The Balaban J connectivity index is 3.09. The van der Waals surface area contributed by atoms with E-state index in [0.29, 0.717) is 6.04 Å². The minimum absolute atomic E-state index is 0.663. The monoisotopic (exact) mass is 198 g/mol. The van der Waals surface area contributed by atoms with Crippen LogP contribution < -0.4 is 5.32 Å². The lowest BCUT2D eigenvalue weighted by Crippen LogP contribution is -2.29. The van der Waals surface area contributed by atoms with Crippen LogP contribution in [-0.4, -0.2) is 37.6 Å². The molecule has 0 bridgehead atoms. The number of rotatable bonds is 9. The molecule has 0 rings (SSSR count). The van der Waals surface area contributed by atoms with Crippen LogP contribution in [0.3, 0.4) is 0 Å². The molecule has 0 aromatic heterocycles. The minimum Gasteiger partial charge on any atom is -0.317 e. The Morgan fingerprint density at radius 1 is 1.29 bits per heavy atom. The minimum atomic E-state index is 0.663. The highest BCUT2D eigenvalue weighted by Gasteiger charge is 2.00. The summed E-state index contributed by atoms with van der Waals surface area (Å²) in [7, 11) is 2.18. The number of allylic oxidation sites excluding steroid dienone is 1. The van der Waals surface area contributed by atoms with Crippen molar-refractivity contribution in [1.82, 2.24) is 10.2 Å². The topological polar surface area (TPSA) is 15.3 Å². The zero-order valence-electron chi connectivity index (χ0n) is 10.1. The van der Waals surface area contributed by atoms with Crippen LogP contribution in [0.2, 0.25) is 0 Å². The van der Waals surface area contributed by atoms with Gasteiger partial charge in [0.25, 0.3) is 0 Å². The molecule has 0 spiro atoms. The van der Waals surface area contributed by atoms with Gasteiger partial charge in [0.2, 0.25) is 0 Å². The van der Waals surface area contributed by atoms with E-state index in [9.17, 15) is 0 Å². The molecule has 0 radical (unpaired) electrons. The van der Waals surface area contributed by atoms with Crippen molar-refractivity contribution in [3.8, 4) is 0 Å². The second-order valence-electron chi connectivity index (χ2n) is 4.11. The van der Waals surface area contributed by atoms with E-state index in [4.69, 9.17) is 0 Å². The fraction of sp³-hybridized carbons (Fsp3) is 0.833. The van der Waals surface area contributed by atoms with Crippen molar-refractivity contribution < 1.29 is 0 Å². The summed E-state index contributed by atoms with van der Waals surface area (Å²) in [6.45, 7) is 11.6. The van der Waals surface area contributed by atoms with Crippen LogP contribution in [0.4, 0.5) is 0 Å². The number of unbranched alkanes of at least 4 members (excludes halogenated alkanes) is 1. The highest BCUT2D eigenvalue weighted by molar-refractivity contribution is 4.66. The molecule has 0 aromatic rings. The van der Waals surface area contributed by atoms with Gasteiger partial charge in [-0.1, -0.05) is 6.08 Å². The standard InChI is InChI=1S/C12H26N2/c1-5-6-7-9-13-10-8-11-14(4)12(2)3/h5,12-13H,1,6-11H2,2-4H3. The quantitative estimate of drug-likeness (QED) is 0.452. The average Bonchev–Trinajstić information content (AvgIpc) is 2.16. The number of nitrogens with zero attached hydrogens (tertiary/aromatic N) is 1. The van der Waals surface area contributed by atoms with Crippen molar-refractivity contribution in [3.63, 3.8) is 0 Å². The van der Waals surface area contributed by atoms with Crippen molar-refractivity contribution >= 4 is 0 Å². The normalized spacial score (nSPS) is 11.2. The predicted octanol–water partition coefficient (Wildman–Crippen LogP) is 2.27. The molecule has 2 nitrogen and oxygen atoms in total. The Bertz CT molecular complexity index is 132. The molecule has 84 valence electrons. The van der Waals surface area contributed by atoms with Crippen molar-refractivity contribution in [2.45, 2.75) is 39.2 Å². The van der Waals surface area contributed by atoms with Gasteiger partial charge in [-0.3, -0.25) is 0 Å². The fourth-order valence-corrected chi connectivity index (χ4v) is 1.21. The van der Waals surface area contributed by atoms with Gasteiger partial charge in [0.05, 0.1) is 0 Å². The summed E-state index contributed by atoms with van der Waals surface area (Å²) in [5.41, 5.74) is 0. The van der Waals surface area contributed by atoms with Gasteiger partial charge in [-0.2, -0.15) is 0 Å². The van der Waals surface area contributed by atoms with Gasteiger partial charge in [0, 0.05) is 6.04 Å². The summed E-state index contributed by atoms with van der Waals surface area (Å²) < 4.78 is 0. The van der Waals surface area contributed by atoms with Crippen LogP contribution >= 0.6 is 0 Å². The Hall–Kier alpha value is -0.340. The van der Waals surface area contributed by atoms with Crippen LogP contribution in [0.1, 0.15) is 33.1 Å². The van der Waals surface area contributed by atoms with E-state index in [-0.39, 0.29) is 0 Å². The molecule has 1 N–H and O–H groups in total. The molecule has 14 heavy (non-hydrogen) atoms. The van der Waals surface area contributed by atoms with E-state index in [1.165, 1.54) is 19.4 Å². The summed E-state index contributed by atoms with van der Waals surface area (Å²) in [5.74, 6) is 0. The van der Waals surface area contributed by atoms with Crippen LogP contribution in [-0.2, 0) is 0 Å². The van der Waals surface area contributed by atoms with Gasteiger partial charge in [0.1, 0.15) is 0 Å². The van der Waals surface area contributed by atoms with Crippen molar-refractivity contribution in [2.75, 3.05) is 26.7 Å². The number of nitrogens with one attached hydrogen (secondary N) is 1. The van der Waals surface area contributed by atoms with E-state index in [1.54, 1.807) is 0 Å². The van der Waals surface area contributed by atoms with E-state index in [1.807, 2.05) is 6.08 Å². The zero-order chi connectivity index (χ0) is 10.8. The summed E-state index contributed by atoms with van der Waals surface area (Å²) in [6.07, 6.45) is 5.55. The van der Waals surface area contributed by atoms with Gasteiger partial charge in [-0.15, -0.1) is 6.58 Å². The molecule has 0 aliphatic rings. The van der Waals surface area contributed by atoms with E-state index in [0.717, 1.165) is 19.5 Å². The molecule has 0 amide bonds. The first-order valence-electron chi connectivity index (χ1n) is 5.70. The summed E-state index contributed by atoms with van der Waals surface area (Å²) >= 11 is 0. The Labute approximate surface area is 89.4 Å². The third-order valence-electron chi connectivity index (χ3n) is 2.51. The SMILES string of the molecule is C=CCCCNCCCN(C)C(C)C. The van der Waals surface area contributed by atoms with Crippen molar-refractivity contribution in [1.29, 1.82) is 0 Å². The molecular weight excluding hydrogens is 172 g/mol. The molecule has 0 saturated heterocycles. The fourth-order valence-electron chi connectivity index (χ4n) is 1.21. The second-order valence-corrected chi connectivity index (χ2v) is 4.11. The molecule has 0 aliphatic heterocycles. The first-order chi connectivity index (χ1) is 6.68. The average molecular weight is 198 g/mol. The van der Waals surface area contributed by atoms with Crippen molar-refractivity contribution in [2.24, 2.45) is 0 Å². The van der Waals surface area contributed by atoms with E-state index >= 15 is 0 Å². The van der Waals surface area contributed by atoms with Gasteiger partial charge < -0.3 is 10.2 Å². The summed E-state index contributed by atoms with van der Waals surface area (Å²) in [6, 6.07) is 0.663. The lowest BCUT2D eigenvalue weighted by atomic mass is 10.3. The molecular formula is C12H26N2. The van der Waals surface area contributed by atoms with Crippen molar-refractivity contribution in [3.05, 3.63) is 12.7 Å². The predicted molar refractivity (Wildman–Crippen MR) is 64.7 cm³/mol. The third-order valence-corrected chi connectivity index (χ3v) is 2.51. The zero-order valence-corrected chi connectivity index (χ0v) is 10.1. The highest BCUT2D eigenvalue weighted by Crippen LogP contribution is 1.94. The maximum Gasteiger partial charge on any atom is 0.00355 e. The molecule has 0 saturated carbocycles. The van der Waals surface area contributed by atoms with E-state index in [2.05, 4.69) is 37.7 Å². The van der Waals surface area contributed by atoms with Gasteiger partial charge >= 0.3 is 0 Å². The summed E-state index contributed by atoms with van der Waals surface area (Å²) in [4.78, 5) is 2.38. The van der Waals surface area contributed by atoms with Gasteiger partial charge in [0.15, 0.2) is 0 Å². The van der Waals surface area contributed by atoms with Crippen LogP contribution in [0, 0.1) is 0 Å². The first-order valence-corrected chi connectivity index (χ1v) is 5.70. The van der Waals surface area contributed by atoms with Crippen LogP contribution in [0.5, 0.6) is 0 Å². The van der Waals surface area contributed by atoms with Crippen LogP contribution in [0.25, 0.3) is 0 Å². The molecule has 0 aliphatic carbocycles. The van der Waals surface area contributed by atoms with Crippen LogP contribution in [0.15, 0.2) is 12.7 Å². The van der Waals surface area contributed by atoms with E-state index < -0.39 is 0 Å². The Morgan fingerprint density at radius 3 is 2.50 bits per heavy atom. The second kappa shape index (κ2) is 9.22. The first kappa shape index (κ1) is 13.7. The highest BCUT2D eigenvalue weighted by atomic mass is 15.1. The lowest BCUT2D eigenvalue weighted by molar-refractivity contribution is 0.269. The Kier molecular flexibility index (Phi) is 9.00. The number of hydrogen-bond acceptors (Lipinski definition) is 2. The molecule has 0 unspecified atom stereocenters. The smallest absolute Gasteiger partial charge is 0.00355 e. The molecule has 0 fully saturated rings. The maximum atomic E-state index is 3.70. The number of hydrogen-bond donors (Lipinski definition) is 1.